The summed E-state index contributed by atoms with van der Waals surface area (Å²) in [5, 5.41) is 19.4. The Balaban J connectivity index is 1.56. The second kappa shape index (κ2) is 11.3. The van der Waals surface area contributed by atoms with Crippen LogP contribution in [0.4, 0.5) is 14.6 Å². The zero-order valence-corrected chi connectivity index (χ0v) is 20.3. The van der Waals surface area contributed by atoms with Gasteiger partial charge in [0.1, 0.15) is 11.7 Å². The van der Waals surface area contributed by atoms with Crippen molar-refractivity contribution < 1.29 is 18.6 Å². The van der Waals surface area contributed by atoms with Gasteiger partial charge in [-0.2, -0.15) is 5.10 Å². The van der Waals surface area contributed by atoms with Crippen LogP contribution in [0.15, 0.2) is 40.1 Å². The maximum Gasteiger partial charge on any atom is 0.181 e. The Labute approximate surface area is 207 Å². The summed E-state index contributed by atoms with van der Waals surface area (Å²) in [5.74, 6) is 0.0628. The third-order valence-electron chi connectivity index (χ3n) is 5.86. The summed E-state index contributed by atoms with van der Waals surface area (Å²) in [7, 11) is 0. The van der Waals surface area contributed by atoms with Crippen LogP contribution in [0.5, 0.6) is 5.75 Å². The van der Waals surface area contributed by atoms with Gasteiger partial charge < -0.3 is 25.0 Å². The first-order valence-electron chi connectivity index (χ1n) is 11.6. The molecule has 4 rings (SSSR count). The van der Waals surface area contributed by atoms with Crippen LogP contribution in [0.1, 0.15) is 11.4 Å². The van der Waals surface area contributed by atoms with Gasteiger partial charge in [0.2, 0.25) is 0 Å². The van der Waals surface area contributed by atoms with Crippen LogP contribution in [0.25, 0.3) is 10.9 Å². The van der Waals surface area contributed by atoms with Gasteiger partial charge in [-0.25, -0.2) is 18.8 Å². The number of aliphatic hydroxyl groups excluding tert-OH is 1. The lowest BCUT2D eigenvalue weighted by Gasteiger charge is -2.35. The highest BCUT2D eigenvalue weighted by Crippen LogP contribution is 2.29. The number of benzene rings is 1. The summed E-state index contributed by atoms with van der Waals surface area (Å²) >= 11 is 0. The molecule has 3 aromatic rings. The van der Waals surface area contributed by atoms with Crippen LogP contribution in [0.3, 0.4) is 0 Å². The first-order valence-corrected chi connectivity index (χ1v) is 11.6. The normalized spacial score (nSPS) is 15.5. The highest BCUT2D eigenvalue weighted by molar-refractivity contribution is 5.94. The molecule has 0 atom stereocenters. The van der Waals surface area contributed by atoms with Crippen molar-refractivity contribution in [3.05, 3.63) is 53.1 Å². The fourth-order valence-electron chi connectivity index (χ4n) is 4.04. The van der Waals surface area contributed by atoms with Crippen LogP contribution in [0.2, 0.25) is 0 Å². The predicted molar refractivity (Wildman–Crippen MR) is 136 cm³/mol. The molecule has 1 aliphatic heterocycles. The van der Waals surface area contributed by atoms with Crippen LogP contribution in [-0.2, 0) is 0 Å². The van der Waals surface area contributed by atoms with E-state index in [9.17, 15) is 13.9 Å². The Morgan fingerprint density at radius 3 is 2.67 bits per heavy atom. The van der Waals surface area contributed by atoms with Crippen LogP contribution < -0.4 is 10.1 Å². The number of ether oxygens (including phenoxy) is 1. The molecule has 1 aromatic carbocycles. The Bertz CT molecular complexity index is 1270. The molecule has 1 aliphatic rings. The van der Waals surface area contributed by atoms with Gasteiger partial charge in [-0.05, 0) is 26.6 Å². The van der Waals surface area contributed by atoms with E-state index in [1.807, 2.05) is 17.9 Å². The molecule has 12 heteroatoms. The van der Waals surface area contributed by atoms with E-state index in [-0.39, 0.29) is 30.0 Å². The second-order valence-electron chi connectivity index (χ2n) is 8.50. The van der Waals surface area contributed by atoms with Gasteiger partial charge in [-0.15, -0.1) is 0 Å². The van der Waals surface area contributed by atoms with Gasteiger partial charge in [0.15, 0.2) is 29.9 Å². The van der Waals surface area contributed by atoms with Crippen molar-refractivity contribution in [1.82, 2.24) is 25.0 Å². The van der Waals surface area contributed by atoms with Crippen LogP contribution >= 0.6 is 0 Å². The van der Waals surface area contributed by atoms with Crippen molar-refractivity contribution in [3.8, 4) is 5.75 Å². The minimum atomic E-state index is -0.648. The number of fused-ring (bicyclic) bond motifs is 1. The van der Waals surface area contributed by atoms with E-state index in [1.165, 1.54) is 6.07 Å². The zero-order chi connectivity index (χ0) is 25.7. The maximum absolute atomic E-state index is 14.9. The predicted octanol–water partition coefficient (Wildman–Crippen LogP) is 2.78. The van der Waals surface area contributed by atoms with E-state index >= 15 is 0 Å². The number of aryl methyl sites for hydroxylation is 2. The summed E-state index contributed by atoms with van der Waals surface area (Å²) in [6.45, 7) is 10.5. The molecule has 192 valence electrons. The van der Waals surface area contributed by atoms with E-state index in [0.29, 0.717) is 42.8 Å². The number of H-pyrrole nitrogens is 2. The highest BCUT2D eigenvalue weighted by atomic mass is 19.1. The molecule has 3 heterocycles. The number of rotatable bonds is 9. The van der Waals surface area contributed by atoms with Gasteiger partial charge in [-0.1, -0.05) is 0 Å². The number of aromatic amines is 2. The van der Waals surface area contributed by atoms with Crippen molar-refractivity contribution in [2.24, 2.45) is 9.98 Å². The van der Waals surface area contributed by atoms with Crippen molar-refractivity contribution in [2.75, 3.05) is 51.4 Å². The van der Waals surface area contributed by atoms with Gasteiger partial charge in [0.05, 0.1) is 12.1 Å². The molecule has 1 saturated heterocycles. The lowest BCUT2D eigenvalue weighted by atomic mass is 10.2. The molecule has 0 radical (unpaired) electrons. The molecule has 0 spiro atoms. The lowest BCUT2D eigenvalue weighted by molar-refractivity contribution is 0.147. The van der Waals surface area contributed by atoms with Gasteiger partial charge >= 0.3 is 0 Å². The summed E-state index contributed by atoms with van der Waals surface area (Å²) in [4.78, 5) is 15.6. The highest BCUT2D eigenvalue weighted by Gasteiger charge is 2.20. The molecular weight excluding hydrogens is 470 g/mol. The molecule has 0 saturated carbocycles. The minimum absolute atomic E-state index is 0.0966. The third-order valence-corrected chi connectivity index (χ3v) is 5.86. The number of piperazine rings is 1. The SMILES string of the molecule is C=N/C(=C\C(=N/COc1cc(F)c2[nH]c(C)cc2c1F)N1CCN(CCO)CC1)Nc1cc(C)[nH]n1. The molecule has 0 bridgehead atoms. The first-order chi connectivity index (χ1) is 17.4. The molecule has 36 heavy (non-hydrogen) atoms. The maximum atomic E-state index is 14.9. The Hall–Kier alpha value is -3.77. The molecule has 1 fully saturated rings. The van der Waals surface area contributed by atoms with E-state index in [1.54, 1.807) is 13.0 Å². The summed E-state index contributed by atoms with van der Waals surface area (Å²) in [6.07, 6.45) is 1.71. The summed E-state index contributed by atoms with van der Waals surface area (Å²) in [5.41, 5.74) is 1.63. The van der Waals surface area contributed by atoms with Crippen molar-refractivity contribution in [3.63, 3.8) is 0 Å². The van der Waals surface area contributed by atoms with Gasteiger partial charge in [0, 0.05) is 67.7 Å². The number of amidine groups is 1. The van der Waals surface area contributed by atoms with E-state index < -0.39 is 11.6 Å². The molecule has 2 aromatic heterocycles. The number of aliphatic imine (C=N–C) groups is 2. The molecule has 0 unspecified atom stereocenters. The summed E-state index contributed by atoms with van der Waals surface area (Å²) in [6, 6.07) is 4.38. The smallest absolute Gasteiger partial charge is 0.181 e. The van der Waals surface area contributed by atoms with E-state index in [0.717, 1.165) is 24.8 Å². The third kappa shape index (κ3) is 5.89. The molecule has 0 aliphatic carbocycles. The number of nitrogens with zero attached hydrogens (tertiary/aromatic N) is 5. The Morgan fingerprint density at radius 1 is 1.22 bits per heavy atom. The fraction of sp³-hybridized carbons (Fsp3) is 0.375. The number of aromatic nitrogens is 3. The number of nitrogens with one attached hydrogen (secondary N) is 3. The monoisotopic (exact) mass is 500 g/mol. The Morgan fingerprint density at radius 2 is 2.00 bits per heavy atom. The van der Waals surface area contributed by atoms with Gasteiger partial charge in [-0.3, -0.25) is 10.00 Å². The lowest BCUT2D eigenvalue weighted by Crippen LogP contribution is -2.49. The first kappa shape index (κ1) is 25.3. The fourth-order valence-corrected chi connectivity index (χ4v) is 4.04. The number of hydrogen-bond acceptors (Lipinski definition) is 7. The number of β-amino-alcohol motifs (C(OH)–C–C–N with tert-alkyl or cyclic N) is 1. The van der Waals surface area contributed by atoms with E-state index in [4.69, 9.17) is 4.74 Å². The number of anilines is 1. The number of halogens is 2. The van der Waals surface area contributed by atoms with E-state index in [2.05, 4.69) is 42.1 Å². The minimum Gasteiger partial charge on any atom is -0.468 e. The van der Waals surface area contributed by atoms with Gasteiger partial charge in [0.25, 0.3) is 0 Å². The molecule has 4 N–H and O–H groups in total. The average Bonchev–Trinajstić information content (AvgIpc) is 3.47. The second-order valence-corrected chi connectivity index (χ2v) is 8.50. The van der Waals surface area contributed by atoms with Crippen molar-refractivity contribution in [2.45, 2.75) is 13.8 Å². The topological polar surface area (TPSA) is 117 Å². The van der Waals surface area contributed by atoms with Crippen molar-refractivity contribution >= 4 is 29.3 Å². The van der Waals surface area contributed by atoms with Crippen LogP contribution in [0, 0.1) is 25.5 Å². The zero-order valence-electron chi connectivity index (χ0n) is 20.3. The standard InChI is InChI=1S/C24H30F2N8O2/c1-15-10-17-23(26)19(12-18(25)24(17)29-15)36-14-28-22(34-6-4-33(5-7-34)8-9-35)13-20(27-3)30-21-11-16(2)31-32-21/h10-13,29,35H,3-9,14H2,1-2H3,(H2,30,31,32)/b20-13+,28-22+. The molecule has 0 amide bonds. The largest absolute Gasteiger partial charge is 0.468 e. The average molecular weight is 501 g/mol. The Kier molecular flexibility index (Phi) is 7.96. The van der Waals surface area contributed by atoms with Crippen LogP contribution in [-0.4, -0.2) is 88.7 Å². The molecular formula is C24H30F2N8O2. The number of aliphatic hydroxyl groups is 1. The van der Waals surface area contributed by atoms with Crippen molar-refractivity contribution in [1.29, 1.82) is 0 Å². The molecule has 10 nitrogen and oxygen atoms in total. The summed E-state index contributed by atoms with van der Waals surface area (Å²) < 4.78 is 34.9. The number of hydrogen-bond donors (Lipinski definition) is 4. The quantitative estimate of drug-likeness (QED) is 0.265.